The van der Waals surface area contributed by atoms with E-state index in [-0.39, 0.29) is 18.1 Å². The first-order chi connectivity index (χ1) is 7.54. The molecule has 0 aromatic carbocycles. The number of hydrogen-bond acceptors (Lipinski definition) is 3. The number of nitrogens with zero attached hydrogens (tertiary/aromatic N) is 1. The van der Waals surface area contributed by atoms with Crippen LogP contribution >= 0.6 is 0 Å². The van der Waals surface area contributed by atoms with Crippen LogP contribution in [-0.4, -0.2) is 33.7 Å². The van der Waals surface area contributed by atoms with E-state index >= 15 is 0 Å². The molecule has 0 bridgehead atoms. The Balaban J connectivity index is 2.49. The second kappa shape index (κ2) is 5.29. The highest BCUT2D eigenvalue weighted by molar-refractivity contribution is 5.92. The number of carbonyl (C=O) groups excluding carboxylic acids is 1. The van der Waals surface area contributed by atoms with Gasteiger partial charge in [0.05, 0.1) is 5.92 Å². The Labute approximate surface area is 93.1 Å². The Morgan fingerprint density at radius 2 is 2.31 bits per heavy atom. The molecule has 16 heavy (non-hydrogen) atoms. The lowest BCUT2D eigenvalue weighted by Crippen LogP contribution is -2.32. The summed E-state index contributed by atoms with van der Waals surface area (Å²) in [7, 11) is 0. The fourth-order valence-electron chi connectivity index (χ4n) is 1.25. The highest BCUT2D eigenvalue weighted by atomic mass is 16.4. The average molecular weight is 225 g/mol. The molecule has 6 heteroatoms. The molecule has 0 aliphatic rings. The fraction of sp³-hybridized carbons (Fsp3) is 0.500. The number of rotatable bonds is 5. The maximum Gasteiger partial charge on any atom is 0.308 e. The summed E-state index contributed by atoms with van der Waals surface area (Å²) in [5.41, 5.74) is 1.06. The van der Waals surface area contributed by atoms with Gasteiger partial charge in [-0.1, -0.05) is 6.92 Å². The molecule has 0 fully saturated rings. The molecule has 1 unspecified atom stereocenters. The van der Waals surface area contributed by atoms with E-state index in [4.69, 9.17) is 5.11 Å². The van der Waals surface area contributed by atoms with Gasteiger partial charge in [-0.05, 0) is 19.4 Å². The van der Waals surface area contributed by atoms with Gasteiger partial charge in [0.15, 0.2) is 0 Å². The monoisotopic (exact) mass is 225 g/mol. The van der Waals surface area contributed by atoms with Crippen LogP contribution < -0.4 is 5.32 Å². The van der Waals surface area contributed by atoms with Crippen LogP contribution in [0, 0.1) is 12.8 Å². The first-order valence-corrected chi connectivity index (χ1v) is 5.07. The van der Waals surface area contributed by atoms with Crippen molar-refractivity contribution in [1.29, 1.82) is 0 Å². The summed E-state index contributed by atoms with van der Waals surface area (Å²) in [6.45, 7) is 3.68. The van der Waals surface area contributed by atoms with Crippen molar-refractivity contribution in [3.8, 4) is 0 Å². The van der Waals surface area contributed by atoms with E-state index < -0.39 is 11.9 Å². The molecular formula is C10H15N3O3. The maximum atomic E-state index is 11.5. The van der Waals surface area contributed by atoms with Crippen molar-refractivity contribution in [2.75, 3.05) is 6.54 Å². The average Bonchev–Trinajstić information content (AvgIpc) is 2.65. The molecular weight excluding hydrogens is 210 g/mol. The third-order valence-corrected chi connectivity index (χ3v) is 2.29. The van der Waals surface area contributed by atoms with Crippen LogP contribution in [0.5, 0.6) is 0 Å². The Morgan fingerprint density at radius 1 is 1.62 bits per heavy atom. The van der Waals surface area contributed by atoms with Gasteiger partial charge in [0.1, 0.15) is 5.69 Å². The van der Waals surface area contributed by atoms with Gasteiger partial charge in [-0.2, -0.15) is 5.10 Å². The number of nitrogens with one attached hydrogen (secondary N) is 2. The van der Waals surface area contributed by atoms with Gasteiger partial charge >= 0.3 is 5.97 Å². The lowest BCUT2D eigenvalue weighted by atomic mass is 10.1. The lowest BCUT2D eigenvalue weighted by Gasteiger charge is -2.09. The Kier molecular flexibility index (Phi) is 4.04. The van der Waals surface area contributed by atoms with Crippen molar-refractivity contribution in [3.63, 3.8) is 0 Å². The van der Waals surface area contributed by atoms with E-state index in [2.05, 4.69) is 15.5 Å². The molecule has 0 spiro atoms. The number of carboxylic acid groups (broad SMARTS) is 1. The van der Waals surface area contributed by atoms with Gasteiger partial charge < -0.3 is 10.4 Å². The van der Waals surface area contributed by atoms with Gasteiger partial charge in [-0.25, -0.2) is 0 Å². The first-order valence-electron chi connectivity index (χ1n) is 5.07. The summed E-state index contributed by atoms with van der Waals surface area (Å²) in [5, 5.41) is 17.8. The third-order valence-electron chi connectivity index (χ3n) is 2.29. The van der Waals surface area contributed by atoms with Crippen molar-refractivity contribution in [3.05, 3.63) is 17.5 Å². The number of aromatic amines is 1. The van der Waals surface area contributed by atoms with Crippen LogP contribution in [0.25, 0.3) is 0 Å². The smallest absolute Gasteiger partial charge is 0.308 e. The van der Waals surface area contributed by atoms with Crippen LogP contribution in [0.15, 0.2) is 6.07 Å². The third kappa shape index (κ3) is 3.08. The number of carboxylic acids is 1. The molecule has 6 nitrogen and oxygen atoms in total. The second-order valence-electron chi connectivity index (χ2n) is 3.59. The van der Waals surface area contributed by atoms with Crippen molar-refractivity contribution < 1.29 is 14.7 Å². The number of aryl methyl sites for hydroxylation is 1. The molecule has 1 amide bonds. The zero-order valence-corrected chi connectivity index (χ0v) is 9.28. The number of H-pyrrole nitrogens is 1. The molecule has 1 atom stereocenters. The highest BCUT2D eigenvalue weighted by Gasteiger charge is 2.17. The number of amides is 1. The minimum absolute atomic E-state index is 0.122. The van der Waals surface area contributed by atoms with E-state index in [0.717, 1.165) is 5.69 Å². The predicted octanol–water partition coefficient (Wildman–Crippen LogP) is 0.559. The molecule has 1 aromatic rings. The number of carbonyl (C=O) groups is 2. The lowest BCUT2D eigenvalue weighted by molar-refractivity contribution is -0.141. The van der Waals surface area contributed by atoms with E-state index in [9.17, 15) is 9.59 Å². The molecule has 0 saturated heterocycles. The minimum atomic E-state index is -0.902. The van der Waals surface area contributed by atoms with E-state index in [1.807, 2.05) is 0 Å². The summed E-state index contributed by atoms with van der Waals surface area (Å²) in [6.07, 6.45) is 0.481. The van der Waals surface area contributed by atoms with Crippen LogP contribution in [0.4, 0.5) is 0 Å². The van der Waals surface area contributed by atoms with Crippen molar-refractivity contribution in [2.24, 2.45) is 5.92 Å². The Bertz CT molecular complexity index is 386. The molecule has 1 rings (SSSR count). The van der Waals surface area contributed by atoms with Crippen LogP contribution in [0.2, 0.25) is 0 Å². The zero-order valence-electron chi connectivity index (χ0n) is 9.28. The van der Waals surface area contributed by atoms with Gasteiger partial charge in [0.25, 0.3) is 5.91 Å². The fourth-order valence-corrected chi connectivity index (χ4v) is 1.25. The molecule has 88 valence electrons. The van der Waals surface area contributed by atoms with Crippen molar-refractivity contribution in [1.82, 2.24) is 15.5 Å². The van der Waals surface area contributed by atoms with Crippen LogP contribution in [0.1, 0.15) is 29.5 Å². The standard InChI is InChI=1S/C10H15N3O3/c1-3-7(10(15)16)5-11-9(14)8-4-6(2)12-13-8/h4,7H,3,5H2,1-2H3,(H,11,14)(H,12,13)(H,15,16). The van der Waals surface area contributed by atoms with Gasteiger partial charge in [-0.15, -0.1) is 0 Å². The predicted molar refractivity (Wildman–Crippen MR) is 57.1 cm³/mol. The van der Waals surface area contributed by atoms with Crippen LogP contribution in [0.3, 0.4) is 0 Å². The summed E-state index contributed by atoms with van der Waals surface area (Å²) < 4.78 is 0. The van der Waals surface area contributed by atoms with Gasteiger partial charge in [0.2, 0.25) is 0 Å². The molecule has 3 N–H and O–H groups in total. The molecule has 0 radical (unpaired) electrons. The second-order valence-corrected chi connectivity index (χ2v) is 3.59. The normalized spacial score (nSPS) is 12.1. The summed E-state index contributed by atoms with van der Waals surface area (Å²) in [4.78, 5) is 22.2. The number of aliphatic carboxylic acids is 1. The Hall–Kier alpha value is -1.85. The Morgan fingerprint density at radius 3 is 2.75 bits per heavy atom. The van der Waals surface area contributed by atoms with E-state index in [1.165, 1.54) is 0 Å². The van der Waals surface area contributed by atoms with Gasteiger partial charge in [0, 0.05) is 12.2 Å². The molecule has 0 aliphatic heterocycles. The van der Waals surface area contributed by atoms with Crippen molar-refractivity contribution >= 4 is 11.9 Å². The first kappa shape index (κ1) is 12.2. The number of hydrogen-bond donors (Lipinski definition) is 3. The summed E-state index contributed by atoms with van der Waals surface area (Å²) in [6, 6.07) is 1.61. The van der Waals surface area contributed by atoms with E-state index in [1.54, 1.807) is 19.9 Å². The van der Waals surface area contributed by atoms with Crippen molar-refractivity contribution in [2.45, 2.75) is 20.3 Å². The largest absolute Gasteiger partial charge is 0.481 e. The molecule has 1 heterocycles. The topological polar surface area (TPSA) is 95.1 Å². The number of aromatic nitrogens is 2. The quantitative estimate of drug-likeness (QED) is 0.682. The van der Waals surface area contributed by atoms with Crippen LogP contribution in [-0.2, 0) is 4.79 Å². The molecule has 0 saturated carbocycles. The van der Waals surface area contributed by atoms with Gasteiger partial charge in [-0.3, -0.25) is 14.7 Å². The highest BCUT2D eigenvalue weighted by Crippen LogP contribution is 2.02. The minimum Gasteiger partial charge on any atom is -0.481 e. The summed E-state index contributed by atoms with van der Waals surface area (Å²) >= 11 is 0. The molecule has 1 aromatic heterocycles. The zero-order chi connectivity index (χ0) is 12.1. The molecule has 0 aliphatic carbocycles. The maximum absolute atomic E-state index is 11.5. The SMILES string of the molecule is CCC(CNC(=O)c1cc(C)[nH]n1)C(=O)O. The van der Waals surface area contributed by atoms with E-state index in [0.29, 0.717) is 6.42 Å². The summed E-state index contributed by atoms with van der Waals surface area (Å²) in [5.74, 6) is -1.81.